The van der Waals surface area contributed by atoms with E-state index < -0.39 is 57.6 Å². The highest BCUT2D eigenvalue weighted by Crippen LogP contribution is 2.43. The molecule has 0 bridgehead atoms. The second-order valence-corrected chi connectivity index (χ2v) is 14.6. The maximum absolute atomic E-state index is 12.3. The molecule has 0 radical (unpaired) electrons. The van der Waals surface area contributed by atoms with Gasteiger partial charge in [-0.3, -0.25) is 18.6 Å². The van der Waals surface area contributed by atoms with Crippen LogP contribution in [0.1, 0.15) is 155 Å². The molecule has 1 amide bonds. The molecule has 11 nitrogen and oxygen atoms in total. The van der Waals surface area contributed by atoms with Crippen LogP contribution in [0.25, 0.3) is 0 Å². The summed E-state index contributed by atoms with van der Waals surface area (Å²) in [5.41, 5.74) is 0. The van der Waals surface area contributed by atoms with Crippen molar-refractivity contribution in [2.45, 2.75) is 167 Å². The number of hydrogen-bond acceptors (Lipinski definition) is 8. The van der Waals surface area contributed by atoms with Gasteiger partial charge in [-0.15, -0.1) is 0 Å². The SMILES string of the molecule is CCC/C=C\C/C=C\CCCCCCCC(=O)OCC(O)COP(=O)(O)OCC(NC(=O)CCCCCCC/C=C\C/C=C\CCCCC)C(=O)O. The Balaban J connectivity index is 4.00. The Labute approximate surface area is 314 Å². The Morgan fingerprint density at radius 2 is 1.10 bits per heavy atom. The van der Waals surface area contributed by atoms with Gasteiger partial charge in [0.15, 0.2) is 6.04 Å². The summed E-state index contributed by atoms with van der Waals surface area (Å²) < 4.78 is 26.7. The van der Waals surface area contributed by atoms with E-state index in [1.54, 1.807) is 0 Å². The van der Waals surface area contributed by atoms with Crippen molar-refractivity contribution in [2.24, 2.45) is 0 Å². The predicted molar refractivity (Wildman–Crippen MR) is 208 cm³/mol. The number of allylic oxidation sites excluding steroid dienone is 8. The van der Waals surface area contributed by atoms with Gasteiger partial charge in [0.25, 0.3) is 0 Å². The molecule has 0 saturated heterocycles. The van der Waals surface area contributed by atoms with Crippen molar-refractivity contribution in [3.8, 4) is 0 Å². The molecule has 0 spiro atoms. The molecule has 0 saturated carbocycles. The third kappa shape index (κ3) is 34.5. The van der Waals surface area contributed by atoms with Crippen molar-refractivity contribution >= 4 is 25.7 Å². The fourth-order valence-corrected chi connectivity index (χ4v) is 5.74. The molecule has 0 aliphatic heterocycles. The van der Waals surface area contributed by atoms with Crippen LogP contribution in [0.15, 0.2) is 48.6 Å². The van der Waals surface area contributed by atoms with Gasteiger partial charge in [0.1, 0.15) is 12.7 Å². The molecule has 0 heterocycles. The van der Waals surface area contributed by atoms with Gasteiger partial charge in [0.05, 0.1) is 13.2 Å². The van der Waals surface area contributed by atoms with Crippen LogP contribution >= 0.6 is 7.82 Å². The molecule has 12 heteroatoms. The van der Waals surface area contributed by atoms with Crippen LogP contribution in [0.5, 0.6) is 0 Å². The number of phosphoric acid groups is 1. The predicted octanol–water partition coefficient (Wildman–Crippen LogP) is 9.44. The molecule has 4 N–H and O–H groups in total. The lowest BCUT2D eigenvalue weighted by atomic mass is 10.1. The van der Waals surface area contributed by atoms with Crippen LogP contribution in [-0.4, -0.2) is 64.9 Å². The summed E-state index contributed by atoms with van der Waals surface area (Å²) in [6.45, 7) is 2.45. The normalized spacial score (nSPS) is 14.4. The number of phosphoric ester groups is 1. The summed E-state index contributed by atoms with van der Waals surface area (Å²) in [7, 11) is -4.76. The van der Waals surface area contributed by atoms with Crippen molar-refractivity contribution in [1.82, 2.24) is 5.32 Å². The van der Waals surface area contributed by atoms with Crippen molar-refractivity contribution in [1.29, 1.82) is 0 Å². The van der Waals surface area contributed by atoms with Crippen molar-refractivity contribution in [3.05, 3.63) is 48.6 Å². The second kappa shape index (κ2) is 35.5. The van der Waals surface area contributed by atoms with Crippen LogP contribution in [-0.2, 0) is 32.7 Å². The molecule has 3 unspecified atom stereocenters. The number of unbranched alkanes of at least 4 members (excludes halogenated alkanes) is 14. The van der Waals surface area contributed by atoms with Gasteiger partial charge in [-0.1, -0.05) is 120 Å². The largest absolute Gasteiger partial charge is 0.480 e. The monoisotopic (exact) mass is 755 g/mol. The highest BCUT2D eigenvalue weighted by Gasteiger charge is 2.28. The molecule has 300 valence electrons. The molecule has 0 aliphatic rings. The quantitative estimate of drug-likeness (QED) is 0.0209. The zero-order chi connectivity index (χ0) is 38.5. The van der Waals surface area contributed by atoms with Gasteiger partial charge >= 0.3 is 19.8 Å². The van der Waals surface area contributed by atoms with Gasteiger partial charge in [0, 0.05) is 12.8 Å². The topological polar surface area (TPSA) is 169 Å². The molecule has 0 aromatic carbocycles. The first kappa shape index (κ1) is 49.4. The molecular weight excluding hydrogens is 685 g/mol. The fraction of sp³-hybridized carbons (Fsp3) is 0.725. The number of rotatable bonds is 36. The van der Waals surface area contributed by atoms with Crippen LogP contribution in [0.4, 0.5) is 0 Å². The number of hydrogen-bond donors (Lipinski definition) is 4. The first-order valence-corrected chi connectivity index (χ1v) is 21.2. The van der Waals surface area contributed by atoms with Gasteiger partial charge in [0.2, 0.25) is 5.91 Å². The number of ether oxygens (including phenoxy) is 1. The van der Waals surface area contributed by atoms with Crippen LogP contribution in [0.2, 0.25) is 0 Å². The highest BCUT2D eigenvalue weighted by molar-refractivity contribution is 7.47. The van der Waals surface area contributed by atoms with E-state index in [4.69, 9.17) is 13.8 Å². The first-order valence-electron chi connectivity index (χ1n) is 19.7. The maximum atomic E-state index is 12.3. The molecule has 3 atom stereocenters. The number of esters is 1. The Morgan fingerprint density at radius 1 is 0.615 bits per heavy atom. The first-order chi connectivity index (χ1) is 25.1. The Bertz CT molecular complexity index is 1070. The number of aliphatic carboxylic acids is 1. The zero-order valence-corrected chi connectivity index (χ0v) is 33.0. The van der Waals surface area contributed by atoms with Gasteiger partial charge in [-0.2, -0.15) is 0 Å². The number of aliphatic hydroxyl groups is 1. The third-order valence-corrected chi connectivity index (χ3v) is 9.02. The second-order valence-electron chi connectivity index (χ2n) is 13.1. The lowest BCUT2D eigenvalue weighted by molar-refractivity contribution is -0.147. The molecular formula is C40H70NO10P. The fourth-order valence-electron chi connectivity index (χ4n) is 4.97. The zero-order valence-electron chi connectivity index (χ0n) is 32.1. The van der Waals surface area contributed by atoms with Gasteiger partial charge in [-0.25, -0.2) is 9.36 Å². The summed E-state index contributed by atoms with van der Waals surface area (Å²) in [5.74, 6) is -2.41. The summed E-state index contributed by atoms with van der Waals surface area (Å²) in [6, 6.07) is -1.56. The van der Waals surface area contributed by atoms with E-state index in [0.717, 1.165) is 89.9 Å². The highest BCUT2D eigenvalue weighted by atomic mass is 31.2. The van der Waals surface area contributed by atoms with Gasteiger partial charge < -0.3 is 25.2 Å². The van der Waals surface area contributed by atoms with Crippen LogP contribution < -0.4 is 5.32 Å². The average Bonchev–Trinajstić information content (AvgIpc) is 3.11. The van der Waals surface area contributed by atoms with E-state index in [1.165, 1.54) is 25.7 Å². The Kier molecular flexibility index (Phi) is 33.7. The number of aliphatic hydroxyl groups excluding tert-OH is 1. The summed E-state index contributed by atoms with van der Waals surface area (Å²) in [6.07, 6.45) is 37.1. The Morgan fingerprint density at radius 3 is 1.63 bits per heavy atom. The minimum absolute atomic E-state index is 0.127. The van der Waals surface area contributed by atoms with Crippen molar-refractivity contribution in [2.75, 3.05) is 19.8 Å². The van der Waals surface area contributed by atoms with Gasteiger partial charge in [-0.05, 0) is 70.6 Å². The van der Waals surface area contributed by atoms with E-state index in [0.29, 0.717) is 12.8 Å². The number of carboxylic acid groups (broad SMARTS) is 1. The molecule has 0 aliphatic carbocycles. The van der Waals surface area contributed by atoms with E-state index in [2.05, 4.69) is 67.8 Å². The van der Waals surface area contributed by atoms with Crippen molar-refractivity contribution in [3.63, 3.8) is 0 Å². The van der Waals surface area contributed by atoms with E-state index in [-0.39, 0.29) is 12.8 Å². The number of carboxylic acids is 1. The number of carbonyl (C=O) groups excluding carboxylic acids is 2. The molecule has 0 aromatic rings. The maximum Gasteiger partial charge on any atom is 0.472 e. The van der Waals surface area contributed by atoms with E-state index in [9.17, 15) is 34.1 Å². The molecule has 0 aromatic heterocycles. The number of carbonyl (C=O) groups is 3. The summed E-state index contributed by atoms with van der Waals surface area (Å²) >= 11 is 0. The third-order valence-electron chi connectivity index (χ3n) is 8.07. The molecule has 0 fully saturated rings. The van der Waals surface area contributed by atoms with Crippen molar-refractivity contribution < 1.29 is 47.8 Å². The van der Waals surface area contributed by atoms with Crippen LogP contribution in [0, 0.1) is 0 Å². The summed E-state index contributed by atoms with van der Waals surface area (Å²) in [4.78, 5) is 45.7. The smallest absolute Gasteiger partial charge is 0.472 e. The summed E-state index contributed by atoms with van der Waals surface area (Å²) in [5, 5.41) is 21.7. The lowest BCUT2D eigenvalue weighted by Crippen LogP contribution is -2.43. The number of amides is 1. The molecule has 0 rings (SSSR count). The Hall–Kier alpha value is -2.56. The molecule has 52 heavy (non-hydrogen) atoms. The lowest BCUT2D eigenvalue weighted by Gasteiger charge is -2.18. The standard InChI is InChI=1S/C40H70NO10P/c1-3-5-7-9-11-13-15-17-18-20-21-23-25-27-29-31-38(43)41-37(40(45)46)35-51-52(47,48)50-34-36(42)33-49-39(44)32-30-28-26-24-22-19-16-14-12-10-8-6-4-2/h8,10-11,13-14,16-18,36-37,42H,3-7,9,12,15,19-35H2,1-2H3,(H,41,43)(H,45,46)(H,47,48)/b10-8-,13-11-,16-14-,18-17-. The minimum atomic E-state index is -4.76. The van der Waals surface area contributed by atoms with E-state index >= 15 is 0 Å². The minimum Gasteiger partial charge on any atom is -0.480 e. The number of nitrogens with one attached hydrogen (secondary N) is 1. The van der Waals surface area contributed by atoms with E-state index in [1.807, 2.05) is 0 Å². The average molecular weight is 756 g/mol. The van der Waals surface area contributed by atoms with Crippen LogP contribution in [0.3, 0.4) is 0 Å².